The van der Waals surface area contributed by atoms with Crippen LogP contribution in [0.4, 0.5) is 4.79 Å². The molecule has 1 aromatic rings. The van der Waals surface area contributed by atoms with Crippen LogP contribution in [0.1, 0.15) is 56.2 Å². The van der Waals surface area contributed by atoms with Gasteiger partial charge in [-0.3, -0.25) is 4.79 Å². The molecule has 0 aromatic carbocycles. The Labute approximate surface area is 129 Å². The van der Waals surface area contributed by atoms with E-state index in [-0.39, 0.29) is 11.8 Å². The van der Waals surface area contributed by atoms with Crippen LogP contribution in [0.5, 0.6) is 0 Å². The summed E-state index contributed by atoms with van der Waals surface area (Å²) < 4.78 is 0. The number of carboxylic acid groups (broad SMARTS) is 1. The van der Waals surface area contributed by atoms with Crippen molar-refractivity contribution in [3.05, 3.63) is 16.1 Å². The second-order valence-corrected chi connectivity index (χ2v) is 7.04. The van der Waals surface area contributed by atoms with Crippen LogP contribution in [0.3, 0.4) is 0 Å². The lowest BCUT2D eigenvalue weighted by atomic mass is 9.97. The summed E-state index contributed by atoms with van der Waals surface area (Å²) in [7, 11) is 1.53. The van der Waals surface area contributed by atoms with Gasteiger partial charge in [0.25, 0.3) is 5.91 Å². The molecule has 21 heavy (non-hydrogen) atoms. The third kappa shape index (κ3) is 3.93. The second kappa shape index (κ2) is 6.43. The maximum Gasteiger partial charge on any atom is 0.270 e. The van der Waals surface area contributed by atoms with Crippen molar-refractivity contribution in [3.8, 4) is 0 Å². The van der Waals surface area contributed by atoms with Gasteiger partial charge in [0, 0.05) is 18.0 Å². The number of hydrogen-bond donors (Lipinski definition) is 1. The van der Waals surface area contributed by atoms with Crippen molar-refractivity contribution in [3.63, 3.8) is 0 Å². The Kier molecular flexibility index (Phi) is 5.33. The summed E-state index contributed by atoms with van der Waals surface area (Å²) in [6, 6.07) is -0.446. The highest BCUT2D eigenvalue weighted by Crippen LogP contribution is 2.35. The lowest BCUT2D eigenvalue weighted by Gasteiger charge is -2.44. The van der Waals surface area contributed by atoms with Gasteiger partial charge in [-0.1, -0.05) is 13.8 Å². The average Bonchev–Trinajstić information content (AvgIpc) is 2.81. The Morgan fingerprint density at radius 2 is 1.95 bits per heavy atom. The largest absolute Gasteiger partial charge is 0.530 e. The van der Waals surface area contributed by atoms with Gasteiger partial charge < -0.3 is 20.1 Å². The van der Waals surface area contributed by atoms with Crippen LogP contribution in [0.2, 0.25) is 0 Å². The van der Waals surface area contributed by atoms with Crippen molar-refractivity contribution in [2.24, 2.45) is 5.92 Å². The smallest absolute Gasteiger partial charge is 0.270 e. The van der Waals surface area contributed by atoms with Crippen LogP contribution in [-0.4, -0.2) is 34.5 Å². The third-order valence-corrected chi connectivity index (χ3v) is 3.98. The van der Waals surface area contributed by atoms with Crippen LogP contribution in [0.25, 0.3) is 0 Å². The van der Waals surface area contributed by atoms with Crippen molar-refractivity contribution in [1.29, 1.82) is 0 Å². The average molecular weight is 312 g/mol. The number of nitrogens with zero attached hydrogens (tertiary/aromatic N) is 2. The number of hydrogen-bond acceptors (Lipinski definition) is 5. The van der Waals surface area contributed by atoms with Crippen molar-refractivity contribution >= 4 is 23.3 Å². The summed E-state index contributed by atoms with van der Waals surface area (Å²) in [5.41, 5.74) is -0.317. The Balaban J connectivity index is 3.26. The van der Waals surface area contributed by atoms with Crippen LogP contribution in [0, 0.1) is 5.92 Å². The fourth-order valence-corrected chi connectivity index (χ4v) is 3.21. The van der Waals surface area contributed by atoms with Gasteiger partial charge in [0.05, 0.1) is 6.04 Å². The quantitative estimate of drug-likeness (QED) is 0.916. The van der Waals surface area contributed by atoms with Crippen molar-refractivity contribution in [2.75, 3.05) is 7.05 Å². The van der Waals surface area contributed by atoms with Crippen LogP contribution in [-0.2, 0) is 0 Å². The first-order valence-electron chi connectivity index (χ1n) is 6.77. The molecular formula is C14H22N3O3S-. The van der Waals surface area contributed by atoms with E-state index in [2.05, 4.69) is 10.3 Å². The number of thiazole rings is 1. The van der Waals surface area contributed by atoms with E-state index in [0.29, 0.717) is 10.7 Å². The van der Waals surface area contributed by atoms with Crippen LogP contribution < -0.4 is 10.4 Å². The van der Waals surface area contributed by atoms with Crippen LogP contribution in [0.15, 0.2) is 5.38 Å². The Bertz CT molecular complexity index is 520. The molecule has 118 valence electrons. The monoisotopic (exact) mass is 312 g/mol. The van der Waals surface area contributed by atoms with Crippen molar-refractivity contribution in [1.82, 2.24) is 15.2 Å². The Hall–Kier alpha value is -1.63. The number of carbonyl (C=O) groups is 2. The molecule has 0 aliphatic heterocycles. The molecule has 7 heteroatoms. The van der Waals surface area contributed by atoms with E-state index in [9.17, 15) is 14.7 Å². The van der Waals surface area contributed by atoms with Gasteiger partial charge >= 0.3 is 0 Å². The van der Waals surface area contributed by atoms with E-state index < -0.39 is 17.7 Å². The molecule has 1 unspecified atom stereocenters. The molecule has 1 rings (SSSR count). The minimum Gasteiger partial charge on any atom is -0.530 e. The highest BCUT2D eigenvalue weighted by molar-refractivity contribution is 7.09. The van der Waals surface area contributed by atoms with E-state index in [1.54, 1.807) is 5.38 Å². The van der Waals surface area contributed by atoms with Gasteiger partial charge in [0.1, 0.15) is 16.8 Å². The number of nitrogens with one attached hydrogen (secondary N) is 1. The summed E-state index contributed by atoms with van der Waals surface area (Å²) in [5, 5.41) is 16.3. The molecule has 0 saturated carbocycles. The van der Waals surface area contributed by atoms with E-state index in [1.807, 2.05) is 34.6 Å². The molecule has 1 atom stereocenters. The maximum atomic E-state index is 11.6. The molecule has 0 fully saturated rings. The van der Waals surface area contributed by atoms with Crippen molar-refractivity contribution < 1.29 is 14.7 Å². The maximum absolute atomic E-state index is 11.6. The molecule has 1 N–H and O–H groups in total. The molecule has 0 aliphatic rings. The van der Waals surface area contributed by atoms with Gasteiger partial charge in [-0.2, -0.15) is 0 Å². The predicted molar refractivity (Wildman–Crippen MR) is 80.1 cm³/mol. The first-order valence-corrected chi connectivity index (χ1v) is 7.65. The van der Waals surface area contributed by atoms with E-state index in [0.717, 1.165) is 0 Å². The molecule has 6 nitrogen and oxygen atoms in total. The standard InChI is InChI=1S/C14H23N3O3S/c1-8(2)10(17(13(19)20)14(3,4)5)12-16-9(7-21-12)11(18)15-6/h7-8,10H,1-6H3,(H,15,18)(H,19,20)/p-1. The van der Waals surface area contributed by atoms with E-state index in [4.69, 9.17) is 0 Å². The lowest BCUT2D eigenvalue weighted by Crippen LogP contribution is -2.54. The topological polar surface area (TPSA) is 85.4 Å². The second-order valence-electron chi connectivity index (χ2n) is 6.15. The lowest BCUT2D eigenvalue weighted by molar-refractivity contribution is -0.275. The highest BCUT2D eigenvalue weighted by atomic mass is 32.1. The van der Waals surface area contributed by atoms with Gasteiger partial charge in [0.2, 0.25) is 0 Å². The third-order valence-electron chi connectivity index (χ3n) is 3.06. The molecule has 2 amide bonds. The molecular weight excluding hydrogens is 290 g/mol. The summed E-state index contributed by atoms with van der Waals surface area (Å²) in [5.74, 6) is -0.276. The Morgan fingerprint density at radius 1 is 1.38 bits per heavy atom. The summed E-state index contributed by atoms with van der Waals surface area (Å²) in [6.45, 7) is 9.28. The minimum atomic E-state index is -1.24. The number of aromatic nitrogens is 1. The van der Waals surface area contributed by atoms with E-state index in [1.165, 1.54) is 23.3 Å². The SMILES string of the molecule is CNC(=O)c1csc(C(C(C)C)N(C(=O)[O-])C(C)(C)C)n1. The molecule has 0 aliphatic carbocycles. The molecule has 0 spiro atoms. The predicted octanol–water partition coefficient (Wildman–Crippen LogP) is 1.64. The normalized spacial score (nSPS) is 13.1. The van der Waals surface area contributed by atoms with Crippen molar-refractivity contribution in [2.45, 2.75) is 46.2 Å². The molecule has 0 saturated heterocycles. The van der Waals surface area contributed by atoms with Crippen LogP contribution >= 0.6 is 11.3 Å². The minimum absolute atomic E-state index is 0.00538. The summed E-state index contributed by atoms with van der Waals surface area (Å²) in [6.07, 6.45) is -1.24. The summed E-state index contributed by atoms with van der Waals surface area (Å²) in [4.78, 5) is 28.8. The molecule has 1 aromatic heterocycles. The number of rotatable bonds is 4. The zero-order valence-corrected chi connectivity index (χ0v) is 14.1. The fourth-order valence-electron chi connectivity index (χ4n) is 2.15. The molecule has 0 radical (unpaired) electrons. The number of amides is 2. The first kappa shape index (κ1) is 17.4. The van der Waals surface area contributed by atoms with Gasteiger partial charge in [-0.25, -0.2) is 4.98 Å². The number of carbonyl (C=O) groups excluding carboxylic acids is 2. The van der Waals surface area contributed by atoms with Gasteiger partial charge in [-0.05, 0) is 26.7 Å². The Morgan fingerprint density at radius 3 is 2.33 bits per heavy atom. The summed E-state index contributed by atoms with van der Waals surface area (Å²) >= 11 is 1.29. The highest BCUT2D eigenvalue weighted by Gasteiger charge is 2.34. The zero-order chi connectivity index (χ0) is 16.4. The van der Waals surface area contributed by atoms with E-state index >= 15 is 0 Å². The van der Waals surface area contributed by atoms with Gasteiger partial charge in [0.15, 0.2) is 0 Å². The fraction of sp³-hybridized carbons (Fsp3) is 0.643. The zero-order valence-electron chi connectivity index (χ0n) is 13.3. The first-order chi connectivity index (χ1) is 9.59. The molecule has 0 bridgehead atoms. The molecule has 1 heterocycles. The van der Waals surface area contributed by atoms with Gasteiger partial charge in [-0.15, -0.1) is 11.3 Å².